The summed E-state index contributed by atoms with van der Waals surface area (Å²) < 4.78 is 4.85. The maximum Gasteiger partial charge on any atom is 0.315 e. The van der Waals surface area contributed by atoms with Crippen molar-refractivity contribution >= 4 is 17.4 Å². The maximum atomic E-state index is 11.9. The molecular formula is C14H19N5O2S. The number of rotatable bonds is 4. The Morgan fingerprint density at radius 3 is 3.00 bits per heavy atom. The molecule has 0 saturated heterocycles. The molecule has 2 amide bonds. The predicted molar refractivity (Wildman–Crippen MR) is 81.8 cm³/mol. The van der Waals surface area contributed by atoms with Crippen LogP contribution >= 0.6 is 11.3 Å². The number of aromatic nitrogens is 3. The normalized spacial score (nSPS) is 17.1. The van der Waals surface area contributed by atoms with Gasteiger partial charge in [-0.3, -0.25) is 0 Å². The molecule has 0 radical (unpaired) electrons. The topological polar surface area (TPSA) is 92.9 Å². The summed E-state index contributed by atoms with van der Waals surface area (Å²) >= 11 is 1.77. The number of urea groups is 1. The average molecular weight is 321 g/mol. The summed E-state index contributed by atoms with van der Waals surface area (Å²) in [5.41, 5.74) is 1.17. The minimum Gasteiger partial charge on any atom is -0.340 e. The molecule has 0 fully saturated rings. The highest BCUT2D eigenvalue weighted by Gasteiger charge is 2.24. The number of carbonyl (C=O) groups excluding carboxylic acids is 1. The van der Waals surface area contributed by atoms with E-state index in [1.807, 2.05) is 6.92 Å². The first-order valence-electron chi connectivity index (χ1n) is 7.39. The zero-order valence-corrected chi connectivity index (χ0v) is 13.5. The molecule has 1 aliphatic rings. The fourth-order valence-corrected chi connectivity index (χ4v) is 3.74. The summed E-state index contributed by atoms with van der Waals surface area (Å²) in [6.45, 7) is 4.61. The van der Waals surface area contributed by atoms with Crippen LogP contribution in [0.5, 0.6) is 0 Å². The Hall–Kier alpha value is -1.96. The highest BCUT2D eigenvalue weighted by molar-refractivity contribution is 7.11. The summed E-state index contributed by atoms with van der Waals surface area (Å²) in [7, 11) is 0. The molecule has 3 rings (SSSR count). The monoisotopic (exact) mass is 321 g/mol. The minimum absolute atomic E-state index is 0.221. The molecule has 7 nitrogen and oxygen atoms in total. The van der Waals surface area contributed by atoms with Crippen LogP contribution in [-0.4, -0.2) is 27.7 Å². The van der Waals surface area contributed by atoms with Crippen molar-refractivity contribution in [2.75, 3.05) is 6.54 Å². The van der Waals surface area contributed by atoms with Gasteiger partial charge in [0.25, 0.3) is 0 Å². The van der Waals surface area contributed by atoms with Gasteiger partial charge < -0.3 is 15.2 Å². The van der Waals surface area contributed by atoms with E-state index in [1.54, 1.807) is 18.3 Å². The largest absolute Gasteiger partial charge is 0.340 e. The number of fused-ring (bicyclic) bond motifs is 1. The van der Waals surface area contributed by atoms with Gasteiger partial charge in [0.1, 0.15) is 0 Å². The summed E-state index contributed by atoms with van der Waals surface area (Å²) in [4.78, 5) is 21.9. The van der Waals surface area contributed by atoms with E-state index in [4.69, 9.17) is 4.52 Å². The summed E-state index contributed by atoms with van der Waals surface area (Å²) in [6, 6.07) is -0.221. The SMILES string of the molecule is Cc1nc(CNC(=O)NC[C@@H]2CCCc3sc(C)nc32)no1. The molecule has 0 unspecified atom stereocenters. The predicted octanol–water partition coefficient (Wildman–Crippen LogP) is 2.06. The van der Waals surface area contributed by atoms with Crippen LogP contribution in [0.4, 0.5) is 4.79 Å². The van der Waals surface area contributed by atoms with Gasteiger partial charge in [-0.15, -0.1) is 11.3 Å². The van der Waals surface area contributed by atoms with Crippen LogP contribution in [0, 0.1) is 13.8 Å². The third-order valence-corrected chi connectivity index (χ3v) is 4.71. The molecule has 8 heteroatoms. The molecule has 2 aromatic rings. The maximum absolute atomic E-state index is 11.9. The number of carbonyl (C=O) groups is 1. The lowest BCUT2D eigenvalue weighted by atomic mass is 9.91. The number of thiazole rings is 1. The van der Waals surface area contributed by atoms with E-state index in [2.05, 4.69) is 25.8 Å². The van der Waals surface area contributed by atoms with E-state index >= 15 is 0 Å². The standard InChI is InChI=1S/C14H19N5O2S/c1-8-17-12(19-21-8)7-16-14(20)15-6-10-4-3-5-11-13(10)18-9(2)22-11/h10H,3-7H2,1-2H3,(H2,15,16,20)/t10-/m0/s1. The molecule has 0 aromatic carbocycles. The van der Waals surface area contributed by atoms with E-state index in [1.165, 1.54) is 10.6 Å². The van der Waals surface area contributed by atoms with Crippen molar-refractivity contribution < 1.29 is 9.32 Å². The third-order valence-electron chi connectivity index (χ3n) is 3.66. The first-order valence-corrected chi connectivity index (χ1v) is 8.20. The fraction of sp³-hybridized carbons (Fsp3) is 0.571. The van der Waals surface area contributed by atoms with Crippen LogP contribution in [0.3, 0.4) is 0 Å². The molecule has 0 aliphatic heterocycles. The minimum atomic E-state index is -0.221. The van der Waals surface area contributed by atoms with E-state index in [0.717, 1.165) is 24.3 Å². The number of aryl methyl sites for hydroxylation is 3. The number of nitrogens with one attached hydrogen (secondary N) is 2. The van der Waals surface area contributed by atoms with Crippen LogP contribution in [0.15, 0.2) is 4.52 Å². The molecule has 118 valence electrons. The van der Waals surface area contributed by atoms with Crippen molar-refractivity contribution in [1.82, 2.24) is 25.8 Å². The molecule has 22 heavy (non-hydrogen) atoms. The number of amides is 2. The molecule has 1 atom stereocenters. The van der Waals surface area contributed by atoms with E-state index in [-0.39, 0.29) is 12.6 Å². The lowest BCUT2D eigenvalue weighted by Crippen LogP contribution is -2.38. The van der Waals surface area contributed by atoms with E-state index < -0.39 is 0 Å². The van der Waals surface area contributed by atoms with Crippen LogP contribution < -0.4 is 10.6 Å². The zero-order valence-electron chi connectivity index (χ0n) is 12.7. The molecule has 0 spiro atoms. The Morgan fingerprint density at radius 1 is 1.36 bits per heavy atom. The lowest BCUT2D eigenvalue weighted by molar-refractivity contribution is 0.239. The smallest absolute Gasteiger partial charge is 0.315 e. The van der Waals surface area contributed by atoms with Crippen LogP contribution in [-0.2, 0) is 13.0 Å². The Balaban J connectivity index is 1.49. The Labute approximate surface area is 132 Å². The Morgan fingerprint density at radius 2 is 2.23 bits per heavy atom. The van der Waals surface area contributed by atoms with Gasteiger partial charge in [0.15, 0.2) is 5.82 Å². The number of hydrogen-bond donors (Lipinski definition) is 2. The first kappa shape index (κ1) is 15.0. The van der Waals surface area contributed by atoms with Crippen molar-refractivity contribution in [3.8, 4) is 0 Å². The fourth-order valence-electron chi connectivity index (χ4n) is 2.68. The van der Waals surface area contributed by atoms with Gasteiger partial charge in [-0.1, -0.05) is 5.16 Å². The van der Waals surface area contributed by atoms with Gasteiger partial charge >= 0.3 is 6.03 Å². The molecule has 1 aliphatic carbocycles. The molecule has 2 aromatic heterocycles. The molecule has 0 bridgehead atoms. The number of nitrogens with zero attached hydrogens (tertiary/aromatic N) is 3. The zero-order chi connectivity index (χ0) is 15.5. The van der Waals surface area contributed by atoms with E-state index in [9.17, 15) is 4.79 Å². The summed E-state index contributed by atoms with van der Waals surface area (Å²) in [6.07, 6.45) is 3.34. The van der Waals surface area contributed by atoms with Crippen molar-refractivity contribution in [1.29, 1.82) is 0 Å². The molecule has 2 heterocycles. The molecular weight excluding hydrogens is 302 g/mol. The lowest BCUT2D eigenvalue weighted by Gasteiger charge is -2.21. The van der Waals surface area contributed by atoms with Gasteiger partial charge in [-0.05, 0) is 26.2 Å². The van der Waals surface area contributed by atoms with Gasteiger partial charge in [0.2, 0.25) is 5.89 Å². The summed E-state index contributed by atoms with van der Waals surface area (Å²) in [5.74, 6) is 1.28. The number of hydrogen-bond acceptors (Lipinski definition) is 6. The molecule has 0 saturated carbocycles. The van der Waals surface area contributed by atoms with Gasteiger partial charge in [-0.2, -0.15) is 4.98 Å². The third kappa shape index (κ3) is 3.44. The van der Waals surface area contributed by atoms with Gasteiger partial charge in [-0.25, -0.2) is 9.78 Å². The summed E-state index contributed by atoms with van der Waals surface area (Å²) in [5, 5.41) is 10.5. The average Bonchev–Trinajstić information content (AvgIpc) is 3.07. The molecule has 2 N–H and O–H groups in total. The Kier molecular flexibility index (Phi) is 4.37. The highest BCUT2D eigenvalue weighted by atomic mass is 32.1. The first-order chi connectivity index (χ1) is 10.6. The van der Waals surface area contributed by atoms with Gasteiger partial charge in [0.05, 0.1) is 17.2 Å². The van der Waals surface area contributed by atoms with Crippen molar-refractivity contribution in [3.63, 3.8) is 0 Å². The Bertz CT molecular complexity index is 666. The highest BCUT2D eigenvalue weighted by Crippen LogP contribution is 2.34. The van der Waals surface area contributed by atoms with Crippen molar-refractivity contribution in [2.24, 2.45) is 0 Å². The van der Waals surface area contributed by atoms with Crippen molar-refractivity contribution in [3.05, 3.63) is 27.3 Å². The quantitative estimate of drug-likeness (QED) is 0.899. The van der Waals surface area contributed by atoms with Gasteiger partial charge in [0, 0.05) is 24.3 Å². The second-order valence-electron chi connectivity index (χ2n) is 5.42. The second kappa shape index (κ2) is 6.43. The van der Waals surface area contributed by atoms with Crippen LogP contribution in [0.2, 0.25) is 0 Å². The van der Waals surface area contributed by atoms with Crippen molar-refractivity contribution in [2.45, 2.75) is 45.6 Å². The van der Waals surface area contributed by atoms with E-state index in [0.29, 0.717) is 24.2 Å². The second-order valence-corrected chi connectivity index (χ2v) is 6.71. The van der Waals surface area contributed by atoms with Crippen LogP contribution in [0.25, 0.3) is 0 Å². The van der Waals surface area contributed by atoms with Crippen LogP contribution in [0.1, 0.15) is 46.1 Å².